The quantitative estimate of drug-likeness (QED) is 0.658. The fraction of sp³-hybridized carbons (Fsp3) is 0.333. The largest absolute Gasteiger partial charge is 0.158 e. The normalized spacial score (nSPS) is 11.0. The van der Waals surface area contributed by atoms with Crippen molar-refractivity contribution in [1.29, 1.82) is 0 Å². The first kappa shape index (κ1) is 8.04. The zero-order chi connectivity index (χ0) is 9.26. The summed E-state index contributed by atoms with van der Waals surface area (Å²) in [5, 5.41) is 16.7. The minimum absolute atomic E-state index is 0.394. The van der Waals surface area contributed by atoms with E-state index >= 15 is 0 Å². The van der Waals surface area contributed by atoms with Crippen molar-refractivity contribution < 1.29 is 0 Å². The van der Waals surface area contributed by atoms with E-state index in [9.17, 15) is 0 Å². The summed E-state index contributed by atoms with van der Waals surface area (Å²) < 4.78 is 0. The van der Waals surface area contributed by atoms with Gasteiger partial charge >= 0.3 is 0 Å². The number of hydrogen-bond donors (Lipinski definition) is 0. The second-order valence-electron chi connectivity index (χ2n) is 3.25. The minimum Gasteiger partial charge on any atom is -0.158 e. The summed E-state index contributed by atoms with van der Waals surface area (Å²) in [6.07, 6.45) is 3.32. The molecule has 0 spiro atoms. The summed E-state index contributed by atoms with van der Waals surface area (Å²) in [6, 6.07) is 2.00. The second kappa shape index (κ2) is 3.05. The summed E-state index contributed by atoms with van der Waals surface area (Å²) in [5.74, 6) is 0.394. The average Bonchev–Trinajstić information content (AvgIpc) is 2.17. The molecule has 0 saturated heterocycles. The van der Waals surface area contributed by atoms with Crippen LogP contribution in [0.15, 0.2) is 18.5 Å². The third-order valence-electron chi connectivity index (χ3n) is 1.91. The zero-order valence-corrected chi connectivity index (χ0v) is 7.60. The van der Waals surface area contributed by atoms with Crippen LogP contribution in [0.25, 0.3) is 10.9 Å². The van der Waals surface area contributed by atoms with E-state index in [-0.39, 0.29) is 0 Å². The van der Waals surface area contributed by atoms with Gasteiger partial charge in [0.15, 0.2) is 0 Å². The van der Waals surface area contributed by atoms with Crippen LogP contribution in [0.2, 0.25) is 0 Å². The second-order valence-corrected chi connectivity index (χ2v) is 3.25. The molecule has 0 saturated carbocycles. The van der Waals surface area contributed by atoms with E-state index in [1.54, 1.807) is 12.4 Å². The number of fused-ring (bicyclic) bond motifs is 1. The number of rotatable bonds is 1. The van der Waals surface area contributed by atoms with Crippen LogP contribution < -0.4 is 0 Å². The fourth-order valence-electron chi connectivity index (χ4n) is 1.10. The molecule has 0 aliphatic rings. The van der Waals surface area contributed by atoms with E-state index in [4.69, 9.17) is 0 Å². The lowest BCUT2D eigenvalue weighted by molar-refractivity contribution is 0.793. The highest BCUT2D eigenvalue weighted by Crippen LogP contribution is 2.14. The van der Waals surface area contributed by atoms with Crippen molar-refractivity contribution in [2.24, 2.45) is 0 Å². The summed E-state index contributed by atoms with van der Waals surface area (Å²) in [6.45, 7) is 4.18. The Hall–Kier alpha value is -1.58. The molecule has 0 fully saturated rings. The van der Waals surface area contributed by atoms with Crippen molar-refractivity contribution >= 4 is 10.9 Å². The summed E-state index contributed by atoms with van der Waals surface area (Å²) in [5.41, 5.74) is 1.78. The van der Waals surface area contributed by atoms with Crippen molar-refractivity contribution in [3.05, 3.63) is 24.2 Å². The van der Waals surface area contributed by atoms with Gasteiger partial charge < -0.3 is 0 Å². The molecule has 0 aromatic carbocycles. The van der Waals surface area contributed by atoms with Crippen molar-refractivity contribution in [3.63, 3.8) is 0 Å². The van der Waals surface area contributed by atoms with Gasteiger partial charge in [0.25, 0.3) is 0 Å². The first-order chi connectivity index (χ1) is 6.27. The number of aromatic nitrogens is 4. The van der Waals surface area contributed by atoms with Gasteiger partial charge in [-0.25, -0.2) is 0 Å². The molecule has 4 nitrogen and oxygen atoms in total. The molecule has 2 heterocycles. The van der Waals surface area contributed by atoms with Gasteiger partial charge in [0.2, 0.25) is 0 Å². The predicted molar refractivity (Wildman–Crippen MR) is 49.2 cm³/mol. The van der Waals surface area contributed by atoms with E-state index in [2.05, 4.69) is 34.2 Å². The smallest absolute Gasteiger partial charge is 0.115 e. The summed E-state index contributed by atoms with van der Waals surface area (Å²) >= 11 is 0. The van der Waals surface area contributed by atoms with Gasteiger partial charge in [0.1, 0.15) is 5.52 Å². The molecule has 0 aliphatic heterocycles. The molecule has 2 aromatic heterocycles. The van der Waals surface area contributed by atoms with Gasteiger partial charge in [0, 0.05) is 5.39 Å². The third-order valence-corrected chi connectivity index (χ3v) is 1.91. The highest BCUT2D eigenvalue weighted by molar-refractivity contribution is 5.75. The molecule has 0 atom stereocenters. The minimum atomic E-state index is 0.394. The Labute approximate surface area is 76.0 Å². The molecular formula is C9H10N4. The summed E-state index contributed by atoms with van der Waals surface area (Å²) in [4.78, 5) is 0. The Kier molecular flexibility index (Phi) is 1.88. The molecule has 66 valence electrons. The Morgan fingerprint density at radius 1 is 1.08 bits per heavy atom. The maximum absolute atomic E-state index is 4.09. The van der Waals surface area contributed by atoms with Crippen molar-refractivity contribution in [2.45, 2.75) is 19.8 Å². The van der Waals surface area contributed by atoms with E-state index in [1.165, 1.54) is 0 Å². The van der Waals surface area contributed by atoms with Crippen LogP contribution in [0.4, 0.5) is 0 Å². The molecular weight excluding hydrogens is 164 g/mol. The Bertz CT molecular complexity index is 425. The van der Waals surface area contributed by atoms with Crippen LogP contribution >= 0.6 is 0 Å². The van der Waals surface area contributed by atoms with E-state index in [0.717, 1.165) is 16.6 Å². The van der Waals surface area contributed by atoms with Crippen LogP contribution in [0, 0.1) is 0 Å². The molecule has 0 unspecified atom stereocenters. The van der Waals surface area contributed by atoms with Gasteiger partial charge in [-0.05, 0) is 12.0 Å². The Balaban J connectivity index is 2.62. The topological polar surface area (TPSA) is 51.6 Å². The van der Waals surface area contributed by atoms with Crippen molar-refractivity contribution in [1.82, 2.24) is 20.4 Å². The molecule has 0 aliphatic carbocycles. The van der Waals surface area contributed by atoms with E-state index in [1.807, 2.05) is 6.07 Å². The molecule has 13 heavy (non-hydrogen) atoms. The lowest BCUT2D eigenvalue weighted by Crippen LogP contribution is -1.96. The van der Waals surface area contributed by atoms with Gasteiger partial charge in [-0.2, -0.15) is 15.3 Å². The third kappa shape index (κ3) is 1.47. The highest BCUT2D eigenvalue weighted by Gasteiger charge is 2.03. The Morgan fingerprint density at radius 2 is 1.85 bits per heavy atom. The lowest BCUT2D eigenvalue weighted by atomic mass is 10.1. The first-order valence-corrected chi connectivity index (χ1v) is 4.21. The van der Waals surface area contributed by atoms with Crippen LogP contribution in [-0.4, -0.2) is 20.4 Å². The van der Waals surface area contributed by atoms with Crippen molar-refractivity contribution in [2.75, 3.05) is 0 Å². The van der Waals surface area contributed by atoms with Gasteiger partial charge in [-0.15, -0.1) is 5.10 Å². The van der Waals surface area contributed by atoms with Gasteiger partial charge in [0.05, 0.1) is 18.1 Å². The molecule has 0 amide bonds. The zero-order valence-electron chi connectivity index (χ0n) is 7.60. The average molecular weight is 174 g/mol. The summed E-state index contributed by atoms with van der Waals surface area (Å²) in [7, 11) is 0. The maximum Gasteiger partial charge on any atom is 0.115 e. The molecule has 0 radical (unpaired) electrons. The van der Waals surface area contributed by atoms with Crippen molar-refractivity contribution in [3.8, 4) is 0 Å². The van der Waals surface area contributed by atoms with Crippen LogP contribution in [0.5, 0.6) is 0 Å². The van der Waals surface area contributed by atoms with E-state index in [0.29, 0.717) is 5.92 Å². The molecule has 2 rings (SSSR count). The number of nitrogens with zero attached hydrogens (tertiary/aromatic N) is 4. The molecule has 0 N–H and O–H groups in total. The molecule has 4 heteroatoms. The maximum atomic E-state index is 4.09. The molecule has 2 aromatic rings. The predicted octanol–water partition coefficient (Wildman–Crippen LogP) is 1.54. The lowest BCUT2D eigenvalue weighted by Gasteiger charge is -2.02. The monoisotopic (exact) mass is 174 g/mol. The number of hydrogen-bond acceptors (Lipinski definition) is 4. The van der Waals surface area contributed by atoms with Crippen LogP contribution in [0.3, 0.4) is 0 Å². The SMILES string of the molecule is CC(C)c1cc2cnncc2nn1. The highest BCUT2D eigenvalue weighted by atomic mass is 15.1. The van der Waals surface area contributed by atoms with Gasteiger partial charge in [-0.3, -0.25) is 0 Å². The van der Waals surface area contributed by atoms with Crippen LogP contribution in [-0.2, 0) is 0 Å². The molecule has 0 bridgehead atoms. The van der Waals surface area contributed by atoms with Crippen LogP contribution in [0.1, 0.15) is 25.5 Å². The Morgan fingerprint density at radius 3 is 2.62 bits per heavy atom. The van der Waals surface area contributed by atoms with E-state index < -0.39 is 0 Å². The van der Waals surface area contributed by atoms with Gasteiger partial charge in [-0.1, -0.05) is 13.8 Å². The first-order valence-electron chi connectivity index (χ1n) is 4.21. The fourth-order valence-corrected chi connectivity index (χ4v) is 1.10. The standard InChI is InChI=1S/C9H10N4/c1-6(2)8-3-7-4-10-11-5-9(7)13-12-8/h3-6H,1-2H3.